The van der Waals surface area contributed by atoms with Gasteiger partial charge in [0.2, 0.25) is 0 Å². The SMILES string of the molecule is CCC(CC)C(=O)c1cncs1. The van der Waals surface area contributed by atoms with Gasteiger partial charge in [0.15, 0.2) is 5.78 Å². The van der Waals surface area contributed by atoms with Crippen LogP contribution in [0.25, 0.3) is 0 Å². The van der Waals surface area contributed by atoms with Crippen molar-refractivity contribution in [3.05, 3.63) is 16.6 Å². The van der Waals surface area contributed by atoms with Gasteiger partial charge in [0, 0.05) is 12.1 Å². The summed E-state index contributed by atoms with van der Waals surface area (Å²) < 4.78 is 0. The highest BCUT2D eigenvalue weighted by Crippen LogP contribution is 2.17. The van der Waals surface area contributed by atoms with E-state index in [9.17, 15) is 4.79 Å². The Hall–Kier alpha value is -0.700. The average Bonchev–Trinajstić information content (AvgIpc) is 2.58. The lowest BCUT2D eigenvalue weighted by molar-refractivity contribution is 0.0917. The Morgan fingerprint density at radius 2 is 2.25 bits per heavy atom. The van der Waals surface area contributed by atoms with Gasteiger partial charge in [-0.15, -0.1) is 11.3 Å². The van der Waals surface area contributed by atoms with Crippen LogP contribution in [0.4, 0.5) is 0 Å². The first kappa shape index (κ1) is 9.39. The van der Waals surface area contributed by atoms with Crippen LogP contribution in [0.5, 0.6) is 0 Å². The minimum absolute atomic E-state index is 0.186. The van der Waals surface area contributed by atoms with Crippen LogP contribution in [-0.2, 0) is 0 Å². The molecule has 0 aromatic carbocycles. The van der Waals surface area contributed by atoms with Crippen LogP contribution in [0.2, 0.25) is 0 Å². The molecule has 0 saturated heterocycles. The summed E-state index contributed by atoms with van der Waals surface area (Å²) >= 11 is 1.43. The fourth-order valence-electron chi connectivity index (χ4n) is 1.20. The Balaban J connectivity index is 2.70. The monoisotopic (exact) mass is 183 g/mol. The first-order chi connectivity index (χ1) is 5.79. The van der Waals surface area contributed by atoms with Gasteiger partial charge >= 0.3 is 0 Å². The Kier molecular flexibility index (Phi) is 3.41. The van der Waals surface area contributed by atoms with Crippen LogP contribution in [0.1, 0.15) is 36.4 Å². The third kappa shape index (κ3) is 1.91. The van der Waals surface area contributed by atoms with E-state index in [2.05, 4.69) is 4.98 Å². The van der Waals surface area contributed by atoms with Crippen molar-refractivity contribution in [2.24, 2.45) is 5.92 Å². The maximum atomic E-state index is 11.6. The fourth-order valence-corrected chi connectivity index (χ4v) is 1.84. The quantitative estimate of drug-likeness (QED) is 0.672. The first-order valence-electron chi connectivity index (χ1n) is 4.22. The maximum Gasteiger partial charge on any atom is 0.177 e. The molecule has 0 bridgehead atoms. The van der Waals surface area contributed by atoms with Gasteiger partial charge in [-0.3, -0.25) is 9.78 Å². The molecule has 0 spiro atoms. The van der Waals surface area contributed by atoms with Gasteiger partial charge < -0.3 is 0 Å². The number of aromatic nitrogens is 1. The van der Waals surface area contributed by atoms with Gasteiger partial charge in [-0.1, -0.05) is 13.8 Å². The summed E-state index contributed by atoms with van der Waals surface area (Å²) in [4.78, 5) is 16.3. The molecular weight excluding hydrogens is 170 g/mol. The number of nitrogens with zero attached hydrogens (tertiary/aromatic N) is 1. The van der Waals surface area contributed by atoms with Crippen molar-refractivity contribution in [2.45, 2.75) is 26.7 Å². The molecule has 0 N–H and O–H groups in total. The van der Waals surface area contributed by atoms with E-state index in [1.54, 1.807) is 11.7 Å². The van der Waals surface area contributed by atoms with Crippen LogP contribution < -0.4 is 0 Å². The van der Waals surface area contributed by atoms with Gasteiger partial charge in [-0.25, -0.2) is 0 Å². The number of hydrogen-bond acceptors (Lipinski definition) is 3. The molecule has 0 aliphatic rings. The molecule has 0 unspecified atom stereocenters. The highest BCUT2D eigenvalue weighted by molar-refractivity contribution is 7.11. The van der Waals surface area contributed by atoms with Crippen molar-refractivity contribution >= 4 is 17.1 Å². The predicted molar refractivity (Wildman–Crippen MR) is 50.5 cm³/mol. The summed E-state index contributed by atoms with van der Waals surface area (Å²) in [6, 6.07) is 0. The van der Waals surface area contributed by atoms with E-state index in [1.165, 1.54) is 11.3 Å². The standard InChI is InChI=1S/C9H13NOS/c1-3-7(4-2)9(11)8-5-10-6-12-8/h5-7H,3-4H2,1-2H3. The largest absolute Gasteiger partial charge is 0.293 e. The number of ketones is 1. The van der Waals surface area contributed by atoms with E-state index in [4.69, 9.17) is 0 Å². The Morgan fingerprint density at radius 1 is 1.58 bits per heavy atom. The number of Topliss-reactive ketones (excluding diaryl/α,β-unsaturated/α-hetero) is 1. The Labute approximate surface area is 76.6 Å². The topological polar surface area (TPSA) is 30.0 Å². The molecular formula is C9H13NOS. The van der Waals surface area contributed by atoms with Gasteiger partial charge in [0.05, 0.1) is 10.4 Å². The van der Waals surface area contributed by atoms with Crippen LogP contribution >= 0.6 is 11.3 Å². The average molecular weight is 183 g/mol. The lowest BCUT2D eigenvalue weighted by Crippen LogP contribution is -2.11. The lowest BCUT2D eigenvalue weighted by Gasteiger charge is -2.07. The Morgan fingerprint density at radius 3 is 2.67 bits per heavy atom. The zero-order valence-corrected chi connectivity index (χ0v) is 8.23. The minimum Gasteiger partial charge on any atom is -0.293 e. The fraction of sp³-hybridized carbons (Fsp3) is 0.556. The smallest absolute Gasteiger partial charge is 0.177 e. The van der Waals surface area contributed by atoms with Crippen molar-refractivity contribution < 1.29 is 4.79 Å². The van der Waals surface area contributed by atoms with Gasteiger partial charge in [-0.05, 0) is 12.8 Å². The zero-order chi connectivity index (χ0) is 8.97. The van der Waals surface area contributed by atoms with Crippen LogP contribution in [0.15, 0.2) is 11.7 Å². The van der Waals surface area contributed by atoms with Crippen molar-refractivity contribution in [1.82, 2.24) is 4.98 Å². The summed E-state index contributed by atoms with van der Waals surface area (Å²) in [5.74, 6) is 0.438. The molecule has 1 aromatic rings. The number of hydrogen-bond donors (Lipinski definition) is 0. The van der Waals surface area contributed by atoms with E-state index in [1.807, 2.05) is 13.8 Å². The molecule has 1 aromatic heterocycles. The number of carbonyl (C=O) groups is 1. The summed E-state index contributed by atoms with van der Waals surface area (Å²) in [7, 11) is 0. The van der Waals surface area contributed by atoms with Gasteiger partial charge in [0.25, 0.3) is 0 Å². The second kappa shape index (κ2) is 4.36. The maximum absolute atomic E-state index is 11.6. The van der Waals surface area contributed by atoms with E-state index >= 15 is 0 Å². The summed E-state index contributed by atoms with van der Waals surface area (Å²) in [6.07, 6.45) is 3.51. The molecule has 0 atom stereocenters. The third-order valence-corrected chi connectivity index (χ3v) is 2.82. The molecule has 0 radical (unpaired) electrons. The molecule has 1 rings (SSSR count). The molecule has 1 heterocycles. The van der Waals surface area contributed by atoms with Gasteiger partial charge in [-0.2, -0.15) is 0 Å². The Bertz CT molecular complexity index is 239. The molecule has 0 amide bonds. The number of thiazole rings is 1. The van der Waals surface area contributed by atoms with E-state index in [-0.39, 0.29) is 11.7 Å². The second-order valence-electron chi connectivity index (χ2n) is 2.74. The zero-order valence-electron chi connectivity index (χ0n) is 7.41. The second-order valence-corrected chi connectivity index (χ2v) is 3.63. The molecule has 3 heteroatoms. The lowest BCUT2D eigenvalue weighted by atomic mass is 9.98. The minimum atomic E-state index is 0.186. The number of carbonyl (C=O) groups excluding carboxylic acids is 1. The van der Waals surface area contributed by atoms with Crippen LogP contribution in [-0.4, -0.2) is 10.8 Å². The molecule has 12 heavy (non-hydrogen) atoms. The summed E-state index contributed by atoms with van der Waals surface area (Å²) in [5, 5.41) is 0. The molecule has 2 nitrogen and oxygen atoms in total. The van der Waals surface area contributed by atoms with Crippen molar-refractivity contribution in [3.8, 4) is 0 Å². The third-order valence-electron chi connectivity index (χ3n) is 2.03. The summed E-state index contributed by atoms with van der Waals surface area (Å²) in [6.45, 7) is 4.10. The highest BCUT2D eigenvalue weighted by atomic mass is 32.1. The molecule has 0 saturated carbocycles. The van der Waals surface area contributed by atoms with Crippen LogP contribution in [0.3, 0.4) is 0 Å². The molecule has 66 valence electrons. The number of rotatable bonds is 4. The summed E-state index contributed by atoms with van der Waals surface area (Å²) in [5.41, 5.74) is 1.70. The molecule has 0 aliphatic heterocycles. The van der Waals surface area contributed by atoms with Crippen LogP contribution in [0, 0.1) is 5.92 Å². The van der Waals surface area contributed by atoms with E-state index in [0.717, 1.165) is 17.7 Å². The molecule has 0 aliphatic carbocycles. The van der Waals surface area contributed by atoms with E-state index in [0.29, 0.717) is 0 Å². The van der Waals surface area contributed by atoms with Crippen molar-refractivity contribution in [1.29, 1.82) is 0 Å². The van der Waals surface area contributed by atoms with Crippen molar-refractivity contribution in [2.75, 3.05) is 0 Å². The first-order valence-corrected chi connectivity index (χ1v) is 5.10. The molecule has 0 fully saturated rings. The van der Waals surface area contributed by atoms with Crippen molar-refractivity contribution in [3.63, 3.8) is 0 Å². The normalized spacial score (nSPS) is 10.6. The van der Waals surface area contributed by atoms with Gasteiger partial charge in [0.1, 0.15) is 0 Å². The predicted octanol–water partition coefficient (Wildman–Crippen LogP) is 2.76. The highest BCUT2D eigenvalue weighted by Gasteiger charge is 2.16. The van der Waals surface area contributed by atoms with E-state index < -0.39 is 0 Å².